The van der Waals surface area contributed by atoms with Crippen molar-refractivity contribution in [1.82, 2.24) is 4.90 Å². The number of rotatable bonds is 9. The van der Waals surface area contributed by atoms with Gasteiger partial charge in [0.05, 0.1) is 10.6 Å². The topological polar surface area (TPSA) is 63.4 Å². The smallest absolute Gasteiger partial charge is 0.179 e. The largest absolute Gasteiger partial charge is 0.326 e. The van der Waals surface area contributed by atoms with E-state index in [1.54, 1.807) is 24.3 Å². The molecule has 1 aromatic carbocycles. The fraction of sp³-hybridized carbons (Fsp3) is 0.625. The molecule has 1 fully saturated rings. The molecule has 118 valence electrons. The normalized spacial score (nSPS) is 15.6. The van der Waals surface area contributed by atoms with E-state index in [4.69, 9.17) is 5.73 Å². The van der Waals surface area contributed by atoms with E-state index in [-0.39, 0.29) is 5.75 Å². The molecule has 0 saturated heterocycles. The van der Waals surface area contributed by atoms with Gasteiger partial charge in [0.25, 0.3) is 0 Å². The summed E-state index contributed by atoms with van der Waals surface area (Å²) in [5, 5.41) is 0. The van der Waals surface area contributed by atoms with Crippen molar-refractivity contribution in [1.29, 1.82) is 0 Å². The summed E-state index contributed by atoms with van der Waals surface area (Å²) in [6.45, 7) is 5.24. The van der Waals surface area contributed by atoms with Crippen LogP contribution in [0.1, 0.15) is 31.7 Å². The molecule has 21 heavy (non-hydrogen) atoms. The van der Waals surface area contributed by atoms with Crippen LogP contribution < -0.4 is 5.73 Å². The van der Waals surface area contributed by atoms with Crippen LogP contribution in [0.3, 0.4) is 0 Å². The molecule has 0 spiro atoms. The second kappa shape index (κ2) is 7.38. The van der Waals surface area contributed by atoms with Crippen molar-refractivity contribution in [3.63, 3.8) is 0 Å². The van der Waals surface area contributed by atoms with Gasteiger partial charge in [0, 0.05) is 19.6 Å². The van der Waals surface area contributed by atoms with Gasteiger partial charge in [0.1, 0.15) is 0 Å². The average Bonchev–Trinajstić information content (AvgIpc) is 3.29. The highest BCUT2D eigenvalue weighted by atomic mass is 32.2. The third-order valence-electron chi connectivity index (χ3n) is 3.95. The predicted octanol–water partition coefficient (Wildman–Crippen LogP) is 2.04. The maximum Gasteiger partial charge on any atom is 0.179 e. The van der Waals surface area contributed by atoms with E-state index in [0.717, 1.165) is 31.0 Å². The van der Waals surface area contributed by atoms with Crippen LogP contribution >= 0.6 is 0 Å². The van der Waals surface area contributed by atoms with Crippen LogP contribution in [0.25, 0.3) is 0 Å². The Kier molecular flexibility index (Phi) is 5.79. The quantitative estimate of drug-likeness (QED) is 0.758. The van der Waals surface area contributed by atoms with Gasteiger partial charge in [-0.2, -0.15) is 0 Å². The number of sulfone groups is 1. The van der Waals surface area contributed by atoms with Crippen molar-refractivity contribution in [2.45, 2.75) is 37.6 Å². The van der Waals surface area contributed by atoms with Crippen LogP contribution in [-0.2, 0) is 16.4 Å². The summed E-state index contributed by atoms with van der Waals surface area (Å²) < 4.78 is 24.8. The third kappa shape index (κ3) is 5.09. The molecular weight excluding hydrogens is 284 g/mol. The van der Waals surface area contributed by atoms with E-state index in [1.807, 2.05) is 0 Å². The van der Waals surface area contributed by atoms with Crippen LogP contribution in [0, 0.1) is 5.92 Å². The van der Waals surface area contributed by atoms with Gasteiger partial charge in [-0.05, 0) is 49.4 Å². The first kappa shape index (κ1) is 16.5. The van der Waals surface area contributed by atoms with Crippen LogP contribution in [-0.4, -0.2) is 38.7 Å². The molecule has 1 aromatic rings. The lowest BCUT2D eigenvalue weighted by molar-refractivity contribution is 0.278. The summed E-state index contributed by atoms with van der Waals surface area (Å²) in [5.74, 6) is 0.991. The fourth-order valence-corrected chi connectivity index (χ4v) is 3.76. The highest BCUT2D eigenvalue weighted by molar-refractivity contribution is 7.91. The van der Waals surface area contributed by atoms with Crippen molar-refractivity contribution < 1.29 is 8.42 Å². The highest BCUT2D eigenvalue weighted by Gasteiger charge is 2.25. The monoisotopic (exact) mass is 310 g/mol. The van der Waals surface area contributed by atoms with Crippen LogP contribution in [0.5, 0.6) is 0 Å². The molecule has 2 N–H and O–H groups in total. The van der Waals surface area contributed by atoms with Gasteiger partial charge in [-0.3, -0.25) is 0 Å². The molecular formula is C16H26N2O2S. The minimum absolute atomic E-state index is 0.196. The minimum Gasteiger partial charge on any atom is -0.326 e. The summed E-state index contributed by atoms with van der Waals surface area (Å²) in [6, 6.07) is 6.92. The van der Waals surface area contributed by atoms with Gasteiger partial charge in [-0.1, -0.05) is 19.1 Å². The van der Waals surface area contributed by atoms with Crippen molar-refractivity contribution >= 4 is 9.84 Å². The molecule has 5 heteroatoms. The molecule has 0 atom stereocenters. The maximum atomic E-state index is 12.4. The molecule has 0 bridgehead atoms. The van der Waals surface area contributed by atoms with E-state index in [2.05, 4.69) is 11.8 Å². The summed E-state index contributed by atoms with van der Waals surface area (Å²) in [4.78, 5) is 2.70. The van der Waals surface area contributed by atoms with E-state index < -0.39 is 9.84 Å². The van der Waals surface area contributed by atoms with Gasteiger partial charge in [-0.15, -0.1) is 0 Å². The molecule has 1 aliphatic carbocycles. The Morgan fingerprint density at radius 1 is 1.19 bits per heavy atom. The maximum absolute atomic E-state index is 12.4. The molecule has 0 radical (unpaired) electrons. The molecule has 1 saturated carbocycles. The molecule has 0 unspecified atom stereocenters. The standard InChI is InChI=1S/C16H26N2O2S/c1-2-9-18(13-15-3-4-15)10-11-21(19,20)16-7-5-14(12-17)6-8-16/h5-8,15H,2-4,9-13,17H2,1H3. The Labute approximate surface area is 128 Å². The second-order valence-corrected chi connectivity index (χ2v) is 8.02. The van der Waals surface area contributed by atoms with Crippen molar-refractivity contribution in [3.8, 4) is 0 Å². The van der Waals surface area contributed by atoms with Crippen LogP contribution in [0.2, 0.25) is 0 Å². The number of benzene rings is 1. The summed E-state index contributed by atoms with van der Waals surface area (Å²) in [5.41, 5.74) is 6.49. The van der Waals surface area contributed by atoms with Crippen LogP contribution in [0.4, 0.5) is 0 Å². The third-order valence-corrected chi connectivity index (χ3v) is 5.66. The summed E-state index contributed by atoms with van der Waals surface area (Å²) in [6.07, 6.45) is 3.67. The zero-order valence-electron chi connectivity index (χ0n) is 12.8. The Bertz CT molecular complexity index is 536. The zero-order valence-corrected chi connectivity index (χ0v) is 13.6. The lowest BCUT2D eigenvalue weighted by atomic mass is 10.2. The van der Waals surface area contributed by atoms with Gasteiger partial charge < -0.3 is 10.6 Å². The predicted molar refractivity (Wildman–Crippen MR) is 85.8 cm³/mol. The Morgan fingerprint density at radius 3 is 2.38 bits per heavy atom. The Morgan fingerprint density at radius 2 is 1.86 bits per heavy atom. The number of nitrogens with zero attached hydrogens (tertiary/aromatic N) is 1. The molecule has 1 aliphatic rings. The van der Waals surface area contributed by atoms with Gasteiger partial charge >= 0.3 is 0 Å². The molecule has 0 aromatic heterocycles. The van der Waals surface area contributed by atoms with E-state index in [9.17, 15) is 8.42 Å². The summed E-state index contributed by atoms with van der Waals surface area (Å²) in [7, 11) is -3.20. The van der Waals surface area contributed by atoms with Crippen molar-refractivity contribution in [3.05, 3.63) is 29.8 Å². The lowest BCUT2D eigenvalue weighted by Crippen LogP contribution is -2.32. The lowest BCUT2D eigenvalue weighted by Gasteiger charge is -2.21. The molecule has 0 aliphatic heterocycles. The molecule has 0 heterocycles. The first-order chi connectivity index (χ1) is 10.0. The average molecular weight is 310 g/mol. The SMILES string of the molecule is CCCN(CCS(=O)(=O)c1ccc(CN)cc1)CC1CC1. The van der Waals surface area contributed by atoms with Gasteiger partial charge in [-0.25, -0.2) is 8.42 Å². The van der Waals surface area contributed by atoms with Gasteiger partial charge in [0.2, 0.25) is 0 Å². The number of nitrogens with two attached hydrogens (primary N) is 1. The van der Waals surface area contributed by atoms with Crippen molar-refractivity contribution in [2.24, 2.45) is 11.7 Å². The van der Waals surface area contributed by atoms with E-state index in [1.165, 1.54) is 12.8 Å². The Balaban J connectivity index is 1.94. The van der Waals surface area contributed by atoms with E-state index >= 15 is 0 Å². The van der Waals surface area contributed by atoms with Gasteiger partial charge in [0.15, 0.2) is 9.84 Å². The second-order valence-electron chi connectivity index (χ2n) is 5.91. The molecule has 0 amide bonds. The fourth-order valence-electron chi connectivity index (χ4n) is 2.48. The van der Waals surface area contributed by atoms with Crippen LogP contribution in [0.15, 0.2) is 29.2 Å². The number of hydrogen-bond donors (Lipinski definition) is 1. The van der Waals surface area contributed by atoms with E-state index in [0.29, 0.717) is 18.0 Å². The minimum atomic E-state index is -3.20. The first-order valence-electron chi connectivity index (χ1n) is 7.79. The summed E-state index contributed by atoms with van der Waals surface area (Å²) >= 11 is 0. The van der Waals surface area contributed by atoms with Crippen molar-refractivity contribution in [2.75, 3.05) is 25.4 Å². The molecule has 2 rings (SSSR count). The highest BCUT2D eigenvalue weighted by Crippen LogP contribution is 2.29. The first-order valence-corrected chi connectivity index (χ1v) is 9.44. The molecule has 4 nitrogen and oxygen atoms in total. The Hall–Kier alpha value is -0.910. The number of hydrogen-bond acceptors (Lipinski definition) is 4. The zero-order chi connectivity index (χ0) is 15.3.